The highest BCUT2D eigenvalue weighted by molar-refractivity contribution is 6.16. The van der Waals surface area contributed by atoms with Gasteiger partial charge in [-0.3, -0.25) is 0 Å². The van der Waals surface area contributed by atoms with Crippen molar-refractivity contribution in [2.45, 2.75) is 5.88 Å². The number of hydrogen-bond donors (Lipinski definition) is 0. The molecular weight excluding hydrogens is 215 g/mol. The molecule has 0 saturated heterocycles. The van der Waals surface area contributed by atoms with E-state index in [9.17, 15) is 4.39 Å². The summed E-state index contributed by atoms with van der Waals surface area (Å²) in [7, 11) is 0. The third-order valence-electron chi connectivity index (χ3n) is 1.98. The summed E-state index contributed by atoms with van der Waals surface area (Å²) >= 11 is 5.59. The van der Waals surface area contributed by atoms with E-state index in [1.54, 1.807) is 24.3 Å². The Hall–Kier alpha value is -1.48. The van der Waals surface area contributed by atoms with Crippen molar-refractivity contribution in [3.8, 4) is 11.3 Å². The minimum Gasteiger partial charge on any atom is -0.207 e. The van der Waals surface area contributed by atoms with Crippen LogP contribution in [0.4, 0.5) is 4.39 Å². The fourth-order valence-electron chi connectivity index (χ4n) is 1.23. The van der Waals surface area contributed by atoms with E-state index in [0.717, 1.165) is 0 Å². The van der Waals surface area contributed by atoms with Gasteiger partial charge >= 0.3 is 0 Å². The predicted octanol–water partition coefficient (Wildman–Crippen LogP) is 3.02. The Morgan fingerprint density at radius 3 is 2.60 bits per heavy atom. The van der Waals surface area contributed by atoms with Gasteiger partial charge in [-0.1, -0.05) is 12.1 Å². The molecule has 0 aliphatic heterocycles. The maximum Gasteiger partial charge on any atom is 0.123 e. The molecule has 0 saturated carbocycles. The molecule has 0 aliphatic rings. The monoisotopic (exact) mass is 222 g/mol. The smallest absolute Gasteiger partial charge is 0.123 e. The number of rotatable bonds is 2. The van der Waals surface area contributed by atoms with Crippen molar-refractivity contribution in [3.63, 3.8) is 0 Å². The Bertz CT molecular complexity index is 456. The number of nitrogens with zero attached hydrogens (tertiary/aromatic N) is 2. The van der Waals surface area contributed by atoms with Gasteiger partial charge in [0.15, 0.2) is 0 Å². The lowest BCUT2D eigenvalue weighted by atomic mass is 10.1. The second kappa shape index (κ2) is 4.36. The first kappa shape index (κ1) is 10.1. The number of halogens is 2. The summed E-state index contributed by atoms with van der Waals surface area (Å²) in [5.74, 6) is 0.0481. The molecule has 2 aromatic rings. The molecule has 0 unspecified atom stereocenters. The van der Waals surface area contributed by atoms with Gasteiger partial charge < -0.3 is 0 Å². The van der Waals surface area contributed by atoms with Crippen LogP contribution < -0.4 is 0 Å². The second-order valence-corrected chi connectivity index (χ2v) is 3.32. The van der Waals surface area contributed by atoms with Crippen molar-refractivity contribution in [2.24, 2.45) is 0 Å². The van der Waals surface area contributed by atoms with E-state index in [-0.39, 0.29) is 5.82 Å². The van der Waals surface area contributed by atoms with E-state index in [2.05, 4.69) is 10.2 Å². The highest BCUT2D eigenvalue weighted by atomic mass is 35.5. The standard InChI is InChI=1S/C11H8ClFN2/c12-7-10-4-5-11(15-14-10)8-2-1-3-9(13)6-8/h1-6H,7H2. The average Bonchev–Trinajstić information content (AvgIpc) is 2.29. The summed E-state index contributed by atoms with van der Waals surface area (Å²) in [6.07, 6.45) is 0. The van der Waals surface area contributed by atoms with Crippen molar-refractivity contribution >= 4 is 11.6 Å². The van der Waals surface area contributed by atoms with Crippen molar-refractivity contribution in [1.82, 2.24) is 10.2 Å². The highest BCUT2D eigenvalue weighted by Crippen LogP contribution is 2.17. The minimum atomic E-state index is -0.282. The number of benzene rings is 1. The van der Waals surface area contributed by atoms with Crippen LogP contribution in [-0.2, 0) is 5.88 Å². The summed E-state index contributed by atoms with van der Waals surface area (Å²) in [6.45, 7) is 0. The van der Waals surface area contributed by atoms with Crippen LogP contribution in [0.25, 0.3) is 11.3 Å². The zero-order valence-corrected chi connectivity index (χ0v) is 8.58. The number of hydrogen-bond acceptors (Lipinski definition) is 2. The van der Waals surface area contributed by atoms with E-state index in [1.165, 1.54) is 12.1 Å². The molecule has 0 N–H and O–H groups in total. The summed E-state index contributed by atoms with van der Waals surface area (Å²) in [5, 5.41) is 7.86. The molecule has 0 aliphatic carbocycles. The lowest BCUT2D eigenvalue weighted by molar-refractivity contribution is 0.628. The summed E-state index contributed by atoms with van der Waals surface area (Å²) < 4.78 is 12.9. The van der Waals surface area contributed by atoms with Crippen LogP contribution in [-0.4, -0.2) is 10.2 Å². The molecule has 2 rings (SSSR count). The molecule has 1 heterocycles. The average molecular weight is 223 g/mol. The largest absolute Gasteiger partial charge is 0.207 e. The lowest BCUT2D eigenvalue weighted by Crippen LogP contribution is -1.92. The quantitative estimate of drug-likeness (QED) is 0.730. The van der Waals surface area contributed by atoms with E-state index in [0.29, 0.717) is 22.8 Å². The fourth-order valence-corrected chi connectivity index (χ4v) is 1.38. The molecule has 0 bridgehead atoms. The van der Waals surface area contributed by atoms with Crippen molar-refractivity contribution in [2.75, 3.05) is 0 Å². The number of aromatic nitrogens is 2. The molecule has 1 aromatic carbocycles. The Labute approximate surface area is 91.7 Å². The van der Waals surface area contributed by atoms with Crippen molar-refractivity contribution < 1.29 is 4.39 Å². The Balaban J connectivity index is 2.37. The molecular formula is C11H8ClFN2. The first-order valence-electron chi connectivity index (χ1n) is 4.44. The molecule has 4 heteroatoms. The molecule has 0 fully saturated rings. The lowest BCUT2D eigenvalue weighted by Gasteiger charge is -2.00. The summed E-state index contributed by atoms with van der Waals surface area (Å²) in [5.41, 5.74) is 2.06. The van der Waals surface area contributed by atoms with Gasteiger partial charge in [0.2, 0.25) is 0 Å². The normalized spacial score (nSPS) is 10.3. The molecule has 0 amide bonds. The van der Waals surface area contributed by atoms with Gasteiger partial charge in [0, 0.05) is 5.56 Å². The van der Waals surface area contributed by atoms with Gasteiger partial charge in [-0.25, -0.2) is 4.39 Å². The van der Waals surface area contributed by atoms with Gasteiger partial charge in [-0.2, -0.15) is 10.2 Å². The Morgan fingerprint density at radius 1 is 1.13 bits per heavy atom. The summed E-state index contributed by atoms with van der Waals surface area (Å²) in [6, 6.07) is 9.80. The van der Waals surface area contributed by atoms with Crippen molar-refractivity contribution in [1.29, 1.82) is 0 Å². The van der Waals surface area contributed by atoms with Gasteiger partial charge in [-0.05, 0) is 24.3 Å². The molecule has 76 valence electrons. The summed E-state index contributed by atoms with van der Waals surface area (Å²) in [4.78, 5) is 0. The third kappa shape index (κ3) is 2.30. The van der Waals surface area contributed by atoms with E-state index < -0.39 is 0 Å². The third-order valence-corrected chi connectivity index (χ3v) is 2.25. The van der Waals surface area contributed by atoms with E-state index >= 15 is 0 Å². The first-order valence-corrected chi connectivity index (χ1v) is 4.97. The van der Waals surface area contributed by atoms with Gasteiger partial charge in [0.05, 0.1) is 17.3 Å². The van der Waals surface area contributed by atoms with Crippen LogP contribution in [0.1, 0.15) is 5.69 Å². The fraction of sp³-hybridized carbons (Fsp3) is 0.0909. The van der Waals surface area contributed by atoms with Crippen molar-refractivity contribution in [3.05, 3.63) is 47.9 Å². The molecule has 0 spiro atoms. The Kier molecular flexibility index (Phi) is 2.92. The van der Waals surface area contributed by atoms with Crippen LogP contribution in [0.2, 0.25) is 0 Å². The van der Waals surface area contributed by atoms with Crippen LogP contribution >= 0.6 is 11.6 Å². The molecule has 1 aromatic heterocycles. The molecule has 0 atom stereocenters. The minimum absolute atomic E-state index is 0.282. The van der Waals surface area contributed by atoms with Gasteiger partial charge in [0.1, 0.15) is 5.82 Å². The van der Waals surface area contributed by atoms with Crippen LogP contribution in [0.3, 0.4) is 0 Å². The van der Waals surface area contributed by atoms with E-state index in [1.807, 2.05) is 0 Å². The molecule has 15 heavy (non-hydrogen) atoms. The van der Waals surface area contributed by atoms with E-state index in [4.69, 9.17) is 11.6 Å². The predicted molar refractivity (Wildman–Crippen MR) is 57.0 cm³/mol. The second-order valence-electron chi connectivity index (χ2n) is 3.05. The van der Waals surface area contributed by atoms with Crippen LogP contribution in [0, 0.1) is 5.82 Å². The SMILES string of the molecule is Fc1cccc(-c2ccc(CCl)nn2)c1. The zero-order valence-electron chi connectivity index (χ0n) is 7.82. The Morgan fingerprint density at radius 2 is 2.00 bits per heavy atom. The van der Waals surface area contributed by atoms with Gasteiger partial charge in [-0.15, -0.1) is 11.6 Å². The zero-order chi connectivity index (χ0) is 10.7. The maximum atomic E-state index is 12.9. The number of alkyl halides is 1. The maximum absolute atomic E-state index is 12.9. The van der Waals surface area contributed by atoms with Crippen LogP contribution in [0.5, 0.6) is 0 Å². The topological polar surface area (TPSA) is 25.8 Å². The molecule has 2 nitrogen and oxygen atoms in total. The van der Waals surface area contributed by atoms with Crippen LogP contribution in [0.15, 0.2) is 36.4 Å². The first-order chi connectivity index (χ1) is 7.29. The van der Waals surface area contributed by atoms with Gasteiger partial charge in [0.25, 0.3) is 0 Å². The molecule has 0 radical (unpaired) electrons. The highest BCUT2D eigenvalue weighted by Gasteiger charge is 2.01.